The molecule has 5 heteroatoms. The van der Waals surface area contributed by atoms with E-state index in [2.05, 4.69) is 62.1 Å². The summed E-state index contributed by atoms with van der Waals surface area (Å²) in [5.41, 5.74) is 3.72. The van der Waals surface area contributed by atoms with Crippen LogP contribution in [0.3, 0.4) is 0 Å². The number of benzene rings is 2. The molecule has 0 spiro atoms. The molecule has 0 unspecified atom stereocenters. The number of ketones is 1. The maximum Gasteiger partial charge on any atom is 0.308 e. The Balaban J connectivity index is 1.44. The zero-order valence-electron chi connectivity index (χ0n) is 22.8. The summed E-state index contributed by atoms with van der Waals surface area (Å²) in [6.45, 7) is 11.7. The zero-order valence-corrected chi connectivity index (χ0v) is 22.8. The number of rotatable bonds is 8. The zero-order chi connectivity index (χ0) is 26.2. The topological polar surface area (TPSA) is 55.8 Å². The molecule has 5 nitrogen and oxygen atoms in total. The van der Waals surface area contributed by atoms with E-state index in [1.165, 1.54) is 23.6 Å². The van der Waals surface area contributed by atoms with Crippen LogP contribution >= 0.6 is 0 Å². The largest absolute Gasteiger partial charge is 0.492 e. The average molecular weight is 504 g/mol. The molecule has 37 heavy (non-hydrogen) atoms. The summed E-state index contributed by atoms with van der Waals surface area (Å²) in [4.78, 5) is 27.1. The molecule has 5 rings (SSSR count). The van der Waals surface area contributed by atoms with Gasteiger partial charge in [-0.1, -0.05) is 39.0 Å². The van der Waals surface area contributed by atoms with Gasteiger partial charge in [-0.2, -0.15) is 0 Å². The van der Waals surface area contributed by atoms with Crippen molar-refractivity contribution in [2.24, 2.45) is 17.3 Å². The number of fused-ring (bicyclic) bond motifs is 5. The van der Waals surface area contributed by atoms with Crippen LogP contribution in [0.15, 0.2) is 42.5 Å². The first-order chi connectivity index (χ1) is 17.8. The summed E-state index contributed by atoms with van der Waals surface area (Å²) in [5, 5.41) is 0. The van der Waals surface area contributed by atoms with Gasteiger partial charge < -0.3 is 14.4 Å². The highest BCUT2D eigenvalue weighted by atomic mass is 16.5. The maximum atomic E-state index is 13.2. The highest BCUT2D eigenvalue weighted by Crippen LogP contribution is 2.64. The van der Waals surface area contributed by atoms with Crippen LogP contribution in [0.25, 0.3) is 0 Å². The van der Waals surface area contributed by atoms with E-state index in [-0.39, 0.29) is 17.3 Å². The summed E-state index contributed by atoms with van der Waals surface area (Å²) in [5.74, 6) is 3.28. The van der Waals surface area contributed by atoms with Gasteiger partial charge in [-0.3, -0.25) is 9.59 Å². The van der Waals surface area contributed by atoms with Crippen molar-refractivity contribution in [3.8, 4) is 11.5 Å². The second-order valence-corrected chi connectivity index (χ2v) is 11.4. The lowest BCUT2D eigenvalue weighted by molar-refractivity contribution is -0.132. The van der Waals surface area contributed by atoms with Crippen LogP contribution in [0.4, 0.5) is 0 Å². The third-order valence-corrected chi connectivity index (χ3v) is 9.55. The first-order valence-corrected chi connectivity index (χ1v) is 14.1. The Hall–Kier alpha value is -2.66. The lowest BCUT2D eigenvalue weighted by Gasteiger charge is -2.52. The molecule has 0 amide bonds. The van der Waals surface area contributed by atoms with Gasteiger partial charge in [0.1, 0.15) is 23.9 Å². The van der Waals surface area contributed by atoms with Gasteiger partial charge in [0.2, 0.25) is 0 Å². The maximum absolute atomic E-state index is 13.2. The van der Waals surface area contributed by atoms with Gasteiger partial charge in [0, 0.05) is 25.3 Å². The van der Waals surface area contributed by atoms with Crippen molar-refractivity contribution in [3.05, 3.63) is 59.2 Å². The molecular formula is C32H41NO4. The van der Waals surface area contributed by atoms with Crippen LogP contribution in [0.1, 0.15) is 81.9 Å². The van der Waals surface area contributed by atoms with Crippen molar-refractivity contribution in [2.45, 2.75) is 71.6 Å². The fraction of sp³-hybridized carbons (Fsp3) is 0.562. The SMILES string of the molecule is CCN(CC)CCOc1ccc([C@H]2C[C@]3(C)C(=O)CC[C@H]3[C@@H]3CCc4cc(OC(C)=O)ccc4[C@H]32)cc1. The Morgan fingerprint density at radius 1 is 1.03 bits per heavy atom. The molecule has 0 aromatic heterocycles. The van der Waals surface area contributed by atoms with Gasteiger partial charge in [-0.25, -0.2) is 0 Å². The number of ether oxygens (including phenoxy) is 2. The van der Waals surface area contributed by atoms with Gasteiger partial charge in [-0.05, 0) is 103 Å². The normalized spacial score (nSPS) is 28.4. The predicted molar refractivity (Wildman–Crippen MR) is 145 cm³/mol. The van der Waals surface area contributed by atoms with Crippen molar-refractivity contribution in [3.63, 3.8) is 0 Å². The summed E-state index contributed by atoms with van der Waals surface area (Å²) in [6, 6.07) is 14.8. The molecule has 0 aliphatic heterocycles. The highest BCUT2D eigenvalue weighted by Gasteiger charge is 2.57. The molecule has 2 aromatic carbocycles. The van der Waals surface area contributed by atoms with Crippen molar-refractivity contribution >= 4 is 11.8 Å². The lowest BCUT2D eigenvalue weighted by Crippen LogP contribution is -2.46. The average Bonchev–Trinajstić information content (AvgIpc) is 3.20. The standard InChI is InChI=1S/C32H41NO4/c1-5-33(6-2)17-18-36-24-10-7-22(8-11-24)28-20-32(4)29(15-16-30(32)35)27-13-9-23-19-25(37-21(3)34)12-14-26(23)31(27)28/h7-8,10-12,14,19,27-29,31H,5-6,9,13,15-18,20H2,1-4H3/t27-,28+,29-,31+,32-/m0/s1. The molecule has 2 saturated carbocycles. The minimum atomic E-state index is -0.288. The molecule has 3 aliphatic carbocycles. The summed E-state index contributed by atoms with van der Waals surface area (Å²) in [6.07, 6.45) is 4.68. The van der Waals surface area contributed by atoms with Crippen LogP contribution < -0.4 is 9.47 Å². The number of nitrogens with zero attached hydrogens (tertiary/aromatic N) is 1. The second-order valence-electron chi connectivity index (χ2n) is 11.4. The number of esters is 1. The van der Waals surface area contributed by atoms with Gasteiger partial charge in [0.05, 0.1) is 0 Å². The van der Waals surface area contributed by atoms with Crippen LogP contribution in [-0.4, -0.2) is 42.9 Å². The Bertz CT molecular complexity index is 1140. The monoisotopic (exact) mass is 503 g/mol. The number of carbonyl (C=O) groups is 2. The van der Waals surface area contributed by atoms with E-state index in [0.29, 0.717) is 42.3 Å². The third kappa shape index (κ3) is 4.95. The Labute approximate surface area is 221 Å². The summed E-state index contributed by atoms with van der Waals surface area (Å²) >= 11 is 0. The molecule has 5 atom stereocenters. The summed E-state index contributed by atoms with van der Waals surface area (Å²) < 4.78 is 11.5. The predicted octanol–water partition coefficient (Wildman–Crippen LogP) is 6.15. The summed E-state index contributed by atoms with van der Waals surface area (Å²) in [7, 11) is 0. The number of likely N-dealkylation sites (N-methyl/N-ethyl adjacent to an activating group) is 1. The fourth-order valence-corrected chi connectivity index (χ4v) is 7.65. The smallest absolute Gasteiger partial charge is 0.308 e. The van der Waals surface area contributed by atoms with E-state index in [4.69, 9.17) is 9.47 Å². The number of carbonyl (C=O) groups excluding carboxylic acids is 2. The number of hydrogen-bond donors (Lipinski definition) is 0. The second kappa shape index (κ2) is 10.6. The quantitative estimate of drug-likeness (QED) is 0.319. The van der Waals surface area contributed by atoms with E-state index in [0.717, 1.165) is 51.1 Å². The minimum Gasteiger partial charge on any atom is -0.492 e. The lowest BCUT2D eigenvalue weighted by atomic mass is 9.51. The number of Topliss-reactive ketones (excluding diaryl/α,β-unsaturated/α-hetero) is 1. The van der Waals surface area contributed by atoms with Crippen LogP contribution in [0, 0.1) is 17.3 Å². The molecule has 0 heterocycles. The molecule has 198 valence electrons. The molecule has 2 aromatic rings. The Kier molecular flexibility index (Phi) is 7.44. The fourth-order valence-electron chi connectivity index (χ4n) is 7.65. The van der Waals surface area contributed by atoms with Crippen LogP contribution in [-0.2, 0) is 16.0 Å². The van der Waals surface area contributed by atoms with E-state index in [1.807, 2.05) is 6.07 Å². The molecule has 0 bridgehead atoms. The molecular weight excluding hydrogens is 462 g/mol. The Morgan fingerprint density at radius 2 is 1.76 bits per heavy atom. The van der Waals surface area contributed by atoms with Crippen molar-refractivity contribution in [1.82, 2.24) is 4.90 Å². The van der Waals surface area contributed by atoms with Crippen LogP contribution in [0.2, 0.25) is 0 Å². The third-order valence-electron chi connectivity index (χ3n) is 9.55. The first-order valence-electron chi connectivity index (χ1n) is 14.1. The van der Waals surface area contributed by atoms with E-state index in [1.54, 1.807) is 0 Å². The van der Waals surface area contributed by atoms with Crippen molar-refractivity contribution in [2.75, 3.05) is 26.2 Å². The van der Waals surface area contributed by atoms with Gasteiger partial charge in [0.25, 0.3) is 0 Å². The number of aryl methyl sites for hydroxylation is 1. The Morgan fingerprint density at radius 3 is 2.46 bits per heavy atom. The number of hydrogen-bond acceptors (Lipinski definition) is 5. The first kappa shape index (κ1) is 26.0. The van der Waals surface area contributed by atoms with Crippen molar-refractivity contribution in [1.29, 1.82) is 0 Å². The van der Waals surface area contributed by atoms with Crippen molar-refractivity contribution < 1.29 is 19.1 Å². The van der Waals surface area contributed by atoms with E-state index >= 15 is 0 Å². The molecule has 0 N–H and O–H groups in total. The molecule has 2 fully saturated rings. The van der Waals surface area contributed by atoms with Gasteiger partial charge in [0.15, 0.2) is 0 Å². The van der Waals surface area contributed by atoms with E-state index in [9.17, 15) is 9.59 Å². The molecule has 0 radical (unpaired) electrons. The highest BCUT2D eigenvalue weighted by molar-refractivity contribution is 5.87. The molecule has 3 aliphatic rings. The van der Waals surface area contributed by atoms with Gasteiger partial charge >= 0.3 is 5.97 Å². The minimum absolute atomic E-state index is 0.236. The molecule has 0 saturated heterocycles. The van der Waals surface area contributed by atoms with E-state index < -0.39 is 0 Å². The van der Waals surface area contributed by atoms with Crippen LogP contribution in [0.5, 0.6) is 11.5 Å². The van der Waals surface area contributed by atoms with Gasteiger partial charge in [-0.15, -0.1) is 0 Å².